The largest absolute Gasteiger partial charge is 0.488 e. The Labute approximate surface area is 91.0 Å². The summed E-state index contributed by atoms with van der Waals surface area (Å²) in [6.07, 6.45) is 1.38. The first-order valence-electron chi connectivity index (χ1n) is 5.06. The monoisotopic (exact) mass is 232 g/mol. The van der Waals surface area contributed by atoms with E-state index in [2.05, 4.69) is 0 Å². The molecule has 0 saturated carbocycles. The lowest BCUT2D eigenvalue weighted by atomic mass is 10.2. The van der Waals surface area contributed by atoms with Crippen molar-refractivity contribution in [3.05, 3.63) is 29.6 Å². The average Bonchev–Trinajstić information content (AvgIpc) is 2.27. The minimum atomic E-state index is -1.48. The standard InChI is InChI=1S/C11H11F3O2/c12-9-4-8(5-10(13)11(9)14)16-7-2-1-3-15-6-7/h4-5,7H,1-3,6H2. The number of hydrogen-bond donors (Lipinski definition) is 0. The van der Waals surface area contributed by atoms with Crippen LogP contribution in [0, 0.1) is 17.5 Å². The summed E-state index contributed by atoms with van der Waals surface area (Å²) in [5.74, 6) is -3.97. The number of ether oxygens (including phenoxy) is 2. The zero-order valence-electron chi connectivity index (χ0n) is 8.51. The van der Waals surface area contributed by atoms with Crippen LogP contribution >= 0.6 is 0 Å². The predicted octanol–water partition coefficient (Wildman–Crippen LogP) is 2.66. The highest BCUT2D eigenvalue weighted by Crippen LogP contribution is 2.22. The van der Waals surface area contributed by atoms with Crippen molar-refractivity contribution in [2.24, 2.45) is 0 Å². The molecule has 1 atom stereocenters. The maximum Gasteiger partial charge on any atom is 0.194 e. The SMILES string of the molecule is Fc1cc(OC2CCCOC2)cc(F)c1F. The van der Waals surface area contributed by atoms with Gasteiger partial charge in [0.25, 0.3) is 0 Å². The Morgan fingerprint density at radius 2 is 1.88 bits per heavy atom. The van der Waals surface area contributed by atoms with Crippen molar-refractivity contribution in [3.8, 4) is 5.75 Å². The highest BCUT2D eigenvalue weighted by molar-refractivity contribution is 5.25. The molecule has 2 rings (SSSR count). The van der Waals surface area contributed by atoms with Gasteiger partial charge in [0, 0.05) is 18.7 Å². The van der Waals surface area contributed by atoms with Gasteiger partial charge in [-0.15, -0.1) is 0 Å². The quantitative estimate of drug-likeness (QED) is 0.730. The molecule has 1 aromatic rings. The van der Waals surface area contributed by atoms with Crippen molar-refractivity contribution < 1.29 is 22.6 Å². The molecule has 5 heteroatoms. The van der Waals surface area contributed by atoms with E-state index in [0.29, 0.717) is 13.2 Å². The highest BCUT2D eigenvalue weighted by Gasteiger charge is 2.17. The first-order chi connectivity index (χ1) is 7.66. The second kappa shape index (κ2) is 4.74. The molecule has 0 radical (unpaired) electrons. The topological polar surface area (TPSA) is 18.5 Å². The first-order valence-corrected chi connectivity index (χ1v) is 5.06. The highest BCUT2D eigenvalue weighted by atomic mass is 19.2. The van der Waals surface area contributed by atoms with Gasteiger partial charge in [-0.1, -0.05) is 0 Å². The molecule has 0 N–H and O–H groups in total. The molecule has 0 aliphatic carbocycles. The zero-order valence-corrected chi connectivity index (χ0v) is 8.51. The van der Waals surface area contributed by atoms with E-state index in [9.17, 15) is 13.2 Å². The van der Waals surface area contributed by atoms with Gasteiger partial charge in [-0.05, 0) is 12.8 Å². The van der Waals surface area contributed by atoms with Crippen LogP contribution in [0.3, 0.4) is 0 Å². The zero-order chi connectivity index (χ0) is 11.5. The van der Waals surface area contributed by atoms with Crippen molar-refractivity contribution in [2.75, 3.05) is 13.2 Å². The summed E-state index contributed by atoms with van der Waals surface area (Å²) in [6, 6.07) is 1.68. The van der Waals surface area contributed by atoms with Crippen molar-refractivity contribution in [3.63, 3.8) is 0 Å². The fourth-order valence-electron chi connectivity index (χ4n) is 1.60. The molecule has 0 bridgehead atoms. The van der Waals surface area contributed by atoms with Gasteiger partial charge >= 0.3 is 0 Å². The molecule has 1 unspecified atom stereocenters. The maximum atomic E-state index is 12.9. The third kappa shape index (κ3) is 2.47. The summed E-state index contributed by atoms with van der Waals surface area (Å²) in [4.78, 5) is 0. The number of halogens is 3. The third-order valence-corrected chi connectivity index (χ3v) is 2.38. The normalized spacial score (nSPS) is 20.8. The summed E-state index contributed by atoms with van der Waals surface area (Å²) in [7, 11) is 0. The summed E-state index contributed by atoms with van der Waals surface area (Å²) in [5, 5.41) is 0. The second-order valence-electron chi connectivity index (χ2n) is 3.66. The summed E-state index contributed by atoms with van der Waals surface area (Å²) in [5.41, 5.74) is 0. The van der Waals surface area contributed by atoms with E-state index in [1.165, 1.54) is 0 Å². The van der Waals surface area contributed by atoms with Gasteiger partial charge in [-0.2, -0.15) is 0 Å². The Bertz CT molecular complexity index is 352. The van der Waals surface area contributed by atoms with Crippen LogP contribution in [0.4, 0.5) is 13.2 Å². The van der Waals surface area contributed by atoms with E-state index >= 15 is 0 Å². The molecule has 0 spiro atoms. The molecule has 1 heterocycles. The lowest BCUT2D eigenvalue weighted by molar-refractivity contribution is 0.00711. The smallest absolute Gasteiger partial charge is 0.194 e. The first kappa shape index (κ1) is 11.3. The second-order valence-corrected chi connectivity index (χ2v) is 3.66. The lowest BCUT2D eigenvalue weighted by Gasteiger charge is -2.23. The molecule has 1 aliphatic heterocycles. The van der Waals surface area contributed by atoms with Crippen molar-refractivity contribution >= 4 is 0 Å². The summed E-state index contributed by atoms with van der Waals surface area (Å²) >= 11 is 0. The molecule has 88 valence electrons. The van der Waals surface area contributed by atoms with Gasteiger partial charge in [0.15, 0.2) is 17.5 Å². The molecule has 0 amide bonds. The molecule has 1 aromatic carbocycles. The Morgan fingerprint density at radius 1 is 1.19 bits per heavy atom. The van der Waals surface area contributed by atoms with Crippen molar-refractivity contribution in [2.45, 2.75) is 18.9 Å². The summed E-state index contributed by atoms with van der Waals surface area (Å²) < 4.78 is 48.8. The van der Waals surface area contributed by atoms with E-state index in [0.717, 1.165) is 25.0 Å². The van der Waals surface area contributed by atoms with Gasteiger partial charge in [0.1, 0.15) is 11.9 Å². The number of rotatable bonds is 2. The van der Waals surface area contributed by atoms with E-state index in [1.54, 1.807) is 0 Å². The van der Waals surface area contributed by atoms with Crippen molar-refractivity contribution in [1.29, 1.82) is 0 Å². The Balaban J connectivity index is 2.09. The van der Waals surface area contributed by atoms with Crippen LogP contribution in [-0.4, -0.2) is 19.3 Å². The summed E-state index contributed by atoms with van der Waals surface area (Å²) in [6.45, 7) is 1.06. The van der Waals surface area contributed by atoms with E-state index in [4.69, 9.17) is 9.47 Å². The van der Waals surface area contributed by atoms with Crippen LogP contribution in [0.25, 0.3) is 0 Å². The predicted molar refractivity (Wildman–Crippen MR) is 50.8 cm³/mol. The van der Waals surface area contributed by atoms with Gasteiger partial charge in [-0.25, -0.2) is 13.2 Å². The molecular weight excluding hydrogens is 221 g/mol. The molecule has 0 aromatic heterocycles. The minimum Gasteiger partial charge on any atom is -0.488 e. The van der Waals surface area contributed by atoms with Gasteiger partial charge in [0.05, 0.1) is 6.61 Å². The fourth-order valence-corrected chi connectivity index (χ4v) is 1.60. The Hall–Kier alpha value is -1.23. The van der Waals surface area contributed by atoms with Crippen molar-refractivity contribution in [1.82, 2.24) is 0 Å². The van der Waals surface area contributed by atoms with Crippen LogP contribution in [0.2, 0.25) is 0 Å². The van der Waals surface area contributed by atoms with Gasteiger partial charge < -0.3 is 9.47 Å². The van der Waals surface area contributed by atoms with Crippen LogP contribution in [-0.2, 0) is 4.74 Å². The molecule has 1 aliphatic rings. The Kier molecular flexibility index (Phi) is 3.33. The molecule has 1 saturated heterocycles. The van der Waals surface area contributed by atoms with E-state index < -0.39 is 17.5 Å². The fraction of sp³-hybridized carbons (Fsp3) is 0.455. The van der Waals surface area contributed by atoms with Crippen LogP contribution in [0.15, 0.2) is 12.1 Å². The maximum absolute atomic E-state index is 12.9. The molecule has 16 heavy (non-hydrogen) atoms. The number of hydrogen-bond acceptors (Lipinski definition) is 2. The number of benzene rings is 1. The average molecular weight is 232 g/mol. The van der Waals surface area contributed by atoms with Crippen LogP contribution in [0.5, 0.6) is 5.75 Å². The van der Waals surface area contributed by atoms with Gasteiger partial charge in [0.2, 0.25) is 0 Å². The molecular formula is C11H11F3O2. The van der Waals surface area contributed by atoms with E-state index in [-0.39, 0.29) is 11.9 Å². The Morgan fingerprint density at radius 3 is 2.44 bits per heavy atom. The minimum absolute atomic E-state index is 0.00750. The molecule has 1 fully saturated rings. The van der Waals surface area contributed by atoms with Crippen LogP contribution < -0.4 is 4.74 Å². The van der Waals surface area contributed by atoms with E-state index in [1.807, 2.05) is 0 Å². The van der Waals surface area contributed by atoms with Gasteiger partial charge in [-0.3, -0.25) is 0 Å². The van der Waals surface area contributed by atoms with Crippen LogP contribution in [0.1, 0.15) is 12.8 Å². The molecule has 2 nitrogen and oxygen atoms in total. The lowest BCUT2D eigenvalue weighted by Crippen LogP contribution is -2.28. The third-order valence-electron chi connectivity index (χ3n) is 2.38.